The van der Waals surface area contributed by atoms with Crippen LogP contribution in [-0.4, -0.2) is 0 Å². The average molecular weight is 188 g/mol. The molecular formula is C14H20. The van der Waals surface area contributed by atoms with Gasteiger partial charge in [0.15, 0.2) is 0 Å². The minimum Gasteiger partial charge on any atom is -0.0622 e. The van der Waals surface area contributed by atoms with Crippen molar-refractivity contribution in [2.45, 2.75) is 44.9 Å². The van der Waals surface area contributed by atoms with Gasteiger partial charge in [0.25, 0.3) is 0 Å². The van der Waals surface area contributed by atoms with Crippen molar-refractivity contribution in [2.24, 2.45) is 5.92 Å². The zero-order valence-electron chi connectivity index (χ0n) is 8.91. The van der Waals surface area contributed by atoms with Gasteiger partial charge in [0.1, 0.15) is 0 Å². The van der Waals surface area contributed by atoms with Gasteiger partial charge in [-0.15, -0.1) is 0 Å². The number of aryl methyl sites for hydroxylation is 1. The normalized spacial score (nSPS) is 18.3. The molecule has 0 unspecified atom stereocenters. The quantitative estimate of drug-likeness (QED) is 0.667. The Morgan fingerprint density at radius 2 is 1.64 bits per heavy atom. The monoisotopic (exact) mass is 188 g/mol. The smallest absolute Gasteiger partial charge is 0.0276 e. The molecule has 1 saturated carbocycles. The maximum Gasteiger partial charge on any atom is -0.0276 e. The molecule has 0 heteroatoms. The summed E-state index contributed by atoms with van der Waals surface area (Å²) in [5.74, 6) is 1.02. The molecule has 76 valence electrons. The average Bonchev–Trinajstić information content (AvgIpc) is 2.29. The van der Waals surface area contributed by atoms with E-state index < -0.39 is 0 Å². The van der Waals surface area contributed by atoms with Gasteiger partial charge in [-0.05, 0) is 24.3 Å². The Bertz CT molecular complexity index is 244. The largest absolute Gasteiger partial charge is 0.0622 e. The fourth-order valence-corrected chi connectivity index (χ4v) is 2.49. The first-order valence-corrected chi connectivity index (χ1v) is 5.99. The fourth-order valence-electron chi connectivity index (χ4n) is 2.49. The van der Waals surface area contributed by atoms with E-state index in [0.29, 0.717) is 0 Å². The second kappa shape index (κ2) is 5.19. The Morgan fingerprint density at radius 1 is 0.929 bits per heavy atom. The number of rotatable bonds is 3. The summed E-state index contributed by atoms with van der Waals surface area (Å²) in [6, 6.07) is 10.9. The van der Waals surface area contributed by atoms with Gasteiger partial charge in [0, 0.05) is 0 Å². The predicted octanol–water partition coefficient (Wildman–Crippen LogP) is 4.20. The molecule has 0 heterocycles. The van der Waals surface area contributed by atoms with Crippen LogP contribution >= 0.6 is 0 Å². The number of hydrogen-bond acceptors (Lipinski definition) is 0. The summed E-state index contributed by atoms with van der Waals surface area (Å²) in [6.07, 6.45) is 10.1. The molecule has 0 nitrogen and oxygen atoms in total. The van der Waals surface area contributed by atoms with Crippen molar-refractivity contribution in [2.75, 3.05) is 0 Å². The third-order valence-electron chi connectivity index (χ3n) is 3.41. The lowest BCUT2D eigenvalue weighted by atomic mass is 9.85. The van der Waals surface area contributed by atoms with Gasteiger partial charge >= 0.3 is 0 Å². The Kier molecular flexibility index (Phi) is 3.62. The third kappa shape index (κ3) is 2.87. The van der Waals surface area contributed by atoms with Gasteiger partial charge in [-0.25, -0.2) is 0 Å². The summed E-state index contributed by atoms with van der Waals surface area (Å²) in [7, 11) is 0. The van der Waals surface area contributed by atoms with Crippen LogP contribution in [0.3, 0.4) is 0 Å². The van der Waals surface area contributed by atoms with Crippen LogP contribution in [-0.2, 0) is 6.42 Å². The van der Waals surface area contributed by atoms with Gasteiger partial charge < -0.3 is 0 Å². The molecule has 2 rings (SSSR count). The molecule has 1 fully saturated rings. The van der Waals surface area contributed by atoms with Crippen molar-refractivity contribution >= 4 is 0 Å². The summed E-state index contributed by atoms with van der Waals surface area (Å²) >= 11 is 0. The second-order valence-electron chi connectivity index (χ2n) is 4.53. The number of hydrogen-bond donors (Lipinski definition) is 0. The molecular weight excluding hydrogens is 168 g/mol. The van der Waals surface area contributed by atoms with E-state index in [1.807, 2.05) is 0 Å². The maximum atomic E-state index is 2.25. The molecule has 0 amide bonds. The first-order valence-electron chi connectivity index (χ1n) is 5.99. The van der Waals surface area contributed by atoms with Crippen LogP contribution in [0.2, 0.25) is 0 Å². The van der Waals surface area contributed by atoms with Gasteiger partial charge in [-0.2, -0.15) is 0 Å². The molecule has 0 radical (unpaired) electrons. The molecule has 14 heavy (non-hydrogen) atoms. The molecule has 1 aromatic rings. The maximum absolute atomic E-state index is 2.25. The highest BCUT2D eigenvalue weighted by atomic mass is 14.2. The SMILES string of the molecule is c1ccc(CCC2CCCCC2)cc1. The third-order valence-corrected chi connectivity index (χ3v) is 3.41. The summed E-state index contributed by atoms with van der Waals surface area (Å²) in [4.78, 5) is 0. The van der Waals surface area contributed by atoms with E-state index >= 15 is 0 Å². The van der Waals surface area contributed by atoms with Gasteiger partial charge in [-0.1, -0.05) is 62.4 Å². The van der Waals surface area contributed by atoms with E-state index in [1.165, 1.54) is 50.5 Å². The highest BCUT2D eigenvalue weighted by Gasteiger charge is 2.12. The van der Waals surface area contributed by atoms with E-state index in [2.05, 4.69) is 30.3 Å². The van der Waals surface area contributed by atoms with E-state index in [-0.39, 0.29) is 0 Å². The Hall–Kier alpha value is -0.780. The second-order valence-corrected chi connectivity index (χ2v) is 4.53. The van der Waals surface area contributed by atoms with Crippen molar-refractivity contribution < 1.29 is 0 Å². The Labute approximate surface area is 87.3 Å². The van der Waals surface area contributed by atoms with E-state index in [0.717, 1.165) is 5.92 Å². The molecule has 0 atom stereocenters. The molecule has 1 aliphatic rings. The summed E-state index contributed by atoms with van der Waals surface area (Å²) in [5.41, 5.74) is 1.51. The molecule has 0 aromatic heterocycles. The molecule has 1 aliphatic carbocycles. The van der Waals surface area contributed by atoms with Crippen LogP contribution in [0.1, 0.15) is 44.1 Å². The fraction of sp³-hybridized carbons (Fsp3) is 0.571. The first kappa shape index (κ1) is 9.76. The standard InChI is InChI=1S/C14H20/c1-3-7-13(8-4-1)11-12-14-9-5-2-6-10-14/h1,3-4,7-8,14H,2,5-6,9-12H2. The zero-order chi connectivity index (χ0) is 9.64. The minimum absolute atomic E-state index is 1.02. The lowest BCUT2D eigenvalue weighted by Crippen LogP contribution is -2.07. The first-order chi connectivity index (χ1) is 6.95. The predicted molar refractivity (Wildman–Crippen MR) is 61.3 cm³/mol. The van der Waals surface area contributed by atoms with Crippen LogP contribution in [0.15, 0.2) is 30.3 Å². The highest BCUT2D eigenvalue weighted by Crippen LogP contribution is 2.27. The van der Waals surface area contributed by atoms with Crippen LogP contribution in [0.4, 0.5) is 0 Å². The van der Waals surface area contributed by atoms with E-state index in [1.54, 1.807) is 0 Å². The molecule has 0 N–H and O–H groups in total. The lowest BCUT2D eigenvalue weighted by Gasteiger charge is -2.21. The summed E-state index contributed by atoms with van der Waals surface area (Å²) in [5, 5.41) is 0. The van der Waals surface area contributed by atoms with E-state index in [9.17, 15) is 0 Å². The van der Waals surface area contributed by atoms with Crippen molar-refractivity contribution in [1.29, 1.82) is 0 Å². The van der Waals surface area contributed by atoms with Crippen LogP contribution in [0, 0.1) is 5.92 Å². The van der Waals surface area contributed by atoms with Crippen LogP contribution in [0.25, 0.3) is 0 Å². The van der Waals surface area contributed by atoms with Crippen molar-refractivity contribution in [1.82, 2.24) is 0 Å². The molecule has 0 saturated heterocycles. The van der Waals surface area contributed by atoms with Gasteiger partial charge in [-0.3, -0.25) is 0 Å². The summed E-state index contributed by atoms with van der Waals surface area (Å²) < 4.78 is 0. The van der Waals surface area contributed by atoms with Crippen molar-refractivity contribution in [3.63, 3.8) is 0 Å². The molecule has 0 spiro atoms. The van der Waals surface area contributed by atoms with Crippen molar-refractivity contribution in [3.05, 3.63) is 35.9 Å². The topological polar surface area (TPSA) is 0 Å². The van der Waals surface area contributed by atoms with Gasteiger partial charge in [0.2, 0.25) is 0 Å². The number of benzene rings is 1. The highest BCUT2D eigenvalue weighted by molar-refractivity contribution is 5.14. The Morgan fingerprint density at radius 3 is 2.36 bits per heavy atom. The lowest BCUT2D eigenvalue weighted by molar-refractivity contribution is 0.339. The zero-order valence-corrected chi connectivity index (χ0v) is 8.91. The van der Waals surface area contributed by atoms with Crippen LogP contribution in [0.5, 0.6) is 0 Å². The molecule has 0 bridgehead atoms. The van der Waals surface area contributed by atoms with Gasteiger partial charge in [0.05, 0.1) is 0 Å². The molecule has 0 aliphatic heterocycles. The summed E-state index contributed by atoms with van der Waals surface area (Å²) in [6.45, 7) is 0. The molecule has 1 aromatic carbocycles. The Balaban J connectivity index is 1.76. The van der Waals surface area contributed by atoms with E-state index in [4.69, 9.17) is 0 Å². The van der Waals surface area contributed by atoms with Crippen LogP contribution < -0.4 is 0 Å². The van der Waals surface area contributed by atoms with Crippen molar-refractivity contribution in [3.8, 4) is 0 Å². The minimum atomic E-state index is 1.02.